The first kappa shape index (κ1) is 13.8. The van der Waals surface area contributed by atoms with Crippen LogP contribution >= 0.6 is 0 Å². The summed E-state index contributed by atoms with van der Waals surface area (Å²) < 4.78 is 2.18. The number of imidazole rings is 1. The molecule has 0 aliphatic rings. The van der Waals surface area contributed by atoms with Gasteiger partial charge in [-0.2, -0.15) is 0 Å². The first-order valence-corrected chi connectivity index (χ1v) is 6.82. The van der Waals surface area contributed by atoms with Crippen LogP contribution in [-0.4, -0.2) is 23.1 Å². The lowest BCUT2D eigenvalue weighted by molar-refractivity contribution is 0.770. The Balaban J connectivity index is 2.15. The summed E-state index contributed by atoms with van der Waals surface area (Å²) in [6.07, 6.45) is 5.06. The van der Waals surface area contributed by atoms with Gasteiger partial charge in [0.25, 0.3) is 0 Å². The molecule has 2 aromatic rings. The number of nitrogens with zero attached hydrogens (tertiary/aromatic N) is 2. The Bertz CT molecular complexity index is 532. The number of benzene rings is 1. The van der Waals surface area contributed by atoms with Crippen molar-refractivity contribution in [1.29, 1.82) is 0 Å². The van der Waals surface area contributed by atoms with E-state index < -0.39 is 0 Å². The minimum absolute atomic E-state index is 0.907. The summed E-state index contributed by atoms with van der Waals surface area (Å²) in [5, 5.41) is 3.15. The summed E-state index contributed by atoms with van der Waals surface area (Å²) in [5.41, 5.74) is 6.62. The van der Waals surface area contributed by atoms with E-state index in [1.54, 1.807) is 0 Å². The zero-order chi connectivity index (χ0) is 13.8. The van der Waals surface area contributed by atoms with Gasteiger partial charge in [-0.05, 0) is 44.5 Å². The van der Waals surface area contributed by atoms with Crippen LogP contribution in [0.3, 0.4) is 0 Å². The molecule has 3 nitrogen and oxygen atoms in total. The minimum Gasteiger partial charge on any atom is -0.333 e. The standard InChI is InChI=1S/C16H23N3/c1-12-7-13(2)16(14(3)8-12)10-19-9-15(18-11-19)5-6-17-4/h7-9,11,17H,5-6,10H2,1-4H3. The Morgan fingerprint density at radius 2 is 1.84 bits per heavy atom. The van der Waals surface area contributed by atoms with E-state index in [1.807, 2.05) is 13.4 Å². The predicted molar refractivity (Wildman–Crippen MR) is 79.6 cm³/mol. The summed E-state index contributed by atoms with van der Waals surface area (Å²) >= 11 is 0. The molecule has 0 unspecified atom stereocenters. The van der Waals surface area contributed by atoms with Crippen LogP contribution in [0.1, 0.15) is 27.9 Å². The second kappa shape index (κ2) is 6.02. The van der Waals surface area contributed by atoms with Crippen molar-refractivity contribution < 1.29 is 0 Å². The fraction of sp³-hybridized carbons (Fsp3) is 0.438. The third-order valence-electron chi connectivity index (χ3n) is 3.50. The molecule has 1 aromatic heterocycles. The topological polar surface area (TPSA) is 29.9 Å². The lowest BCUT2D eigenvalue weighted by atomic mass is 10.00. The maximum atomic E-state index is 4.45. The molecule has 1 heterocycles. The van der Waals surface area contributed by atoms with Crippen LogP contribution in [-0.2, 0) is 13.0 Å². The molecular formula is C16H23N3. The zero-order valence-corrected chi connectivity index (χ0v) is 12.3. The van der Waals surface area contributed by atoms with Crippen molar-refractivity contribution >= 4 is 0 Å². The van der Waals surface area contributed by atoms with Gasteiger partial charge in [0.2, 0.25) is 0 Å². The van der Waals surface area contributed by atoms with E-state index in [2.05, 4.69) is 54.0 Å². The number of nitrogens with one attached hydrogen (secondary N) is 1. The van der Waals surface area contributed by atoms with Gasteiger partial charge >= 0.3 is 0 Å². The first-order valence-electron chi connectivity index (χ1n) is 6.82. The molecule has 2 rings (SSSR count). The number of aryl methyl sites for hydroxylation is 3. The normalized spacial score (nSPS) is 10.9. The number of likely N-dealkylation sites (N-methyl/N-ethyl adjacent to an activating group) is 1. The number of aromatic nitrogens is 2. The molecule has 1 N–H and O–H groups in total. The van der Waals surface area contributed by atoms with Crippen molar-refractivity contribution in [2.45, 2.75) is 33.7 Å². The molecule has 0 fully saturated rings. The van der Waals surface area contributed by atoms with Crippen LogP contribution < -0.4 is 5.32 Å². The van der Waals surface area contributed by atoms with Crippen LogP contribution in [0.15, 0.2) is 24.7 Å². The molecule has 102 valence electrons. The maximum Gasteiger partial charge on any atom is 0.0952 e. The van der Waals surface area contributed by atoms with E-state index in [0.717, 1.165) is 25.2 Å². The highest BCUT2D eigenvalue weighted by Gasteiger charge is 2.05. The van der Waals surface area contributed by atoms with E-state index in [1.165, 1.54) is 22.3 Å². The fourth-order valence-corrected chi connectivity index (χ4v) is 2.52. The summed E-state index contributed by atoms with van der Waals surface area (Å²) in [6, 6.07) is 4.50. The SMILES string of the molecule is CNCCc1cn(Cc2c(C)cc(C)cc2C)cn1. The Morgan fingerprint density at radius 1 is 1.16 bits per heavy atom. The highest BCUT2D eigenvalue weighted by molar-refractivity contribution is 5.37. The van der Waals surface area contributed by atoms with Gasteiger partial charge < -0.3 is 9.88 Å². The minimum atomic E-state index is 0.907. The number of hydrogen-bond acceptors (Lipinski definition) is 2. The Labute approximate surface area is 115 Å². The van der Waals surface area contributed by atoms with Crippen molar-refractivity contribution in [3.8, 4) is 0 Å². The Hall–Kier alpha value is -1.61. The van der Waals surface area contributed by atoms with E-state index in [9.17, 15) is 0 Å². The molecule has 3 heteroatoms. The summed E-state index contributed by atoms with van der Waals surface area (Å²) in [6.45, 7) is 8.41. The van der Waals surface area contributed by atoms with Gasteiger partial charge in [-0.3, -0.25) is 0 Å². The van der Waals surface area contributed by atoms with Gasteiger partial charge in [-0.15, -0.1) is 0 Å². The third kappa shape index (κ3) is 3.44. The van der Waals surface area contributed by atoms with Gasteiger partial charge in [0.1, 0.15) is 0 Å². The highest BCUT2D eigenvalue weighted by Crippen LogP contribution is 2.17. The van der Waals surface area contributed by atoms with Gasteiger partial charge in [0.15, 0.2) is 0 Å². The molecular weight excluding hydrogens is 234 g/mol. The van der Waals surface area contributed by atoms with Gasteiger partial charge in [0, 0.05) is 25.7 Å². The zero-order valence-electron chi connectivity index (χ0n) is 12.3. The van der Waals surface area contributed by atoms with E-state index in [4.69, 9.17) is 0 Å². The van der Waals surface area contributed by atoms with E-state index in [0.29, 0.717) is 0 Å². The molecule has 0 aliphatic heterocycles. The van der Waals surface area contributed by atoms with Crippen molar-refractivity contribution in [2.24, 2.45) is 0 Å². The van der Waals surface area contributed by atoms with Crippen LogP contribution in [0.4, 0.5) is 0 Å². The van der Waals surface area contributed by atoms with Crippen LogP contribution in [0.5, 0.6) is 0 Å². The average molecular weight is 257 g/mol. The van der Waals surface area contributed by atoms with Crippen molar-refractivity contribution in [1.82, 2.24) is 14.9 Å². The molecule has 0 aliphatic carbocycles. The molecule has 0 saturated heterocycles. The van der Waals surface area contributed by atoms with Crippen molar-refractivity contribution in [2.75, 3.05) is 13.6 Å². The largest absolute Gasteiger partial charge is 0.333 e. The monoisotopic (exact) mass is 257 g/mol. The molecule has 0 spiro atoms. The fourth-order valence-electron chi connectivity index (χ4n) is 2.52. The highest BCUT2D eigenvalue weighted by atomic mass is 15.0. The lowest BCUT2D eigenvalue weighted by Gasteiger charge is -2.11. The Morgan fingerprint density at radius 3 is 2.47 bits per heavy atom. The molecule has 0 radical (unpaired) electrons. The maximum absolute atomic E-state index is 4.45. The van der Waals surface area contributed by atoms with E-state index >= 15 is 0 Å². The van der Waals surface area contributed by atoms with Crippen LogP contribution in [0.2, 0.25) is 0 Å². The smallest absolute Gasteiger partial charge is 0.0952 e. The second-order valence-electron chi connectivity index (χ2n) is 5.27. The quantitative estimate of drug-likeness (QED) is 0.892. The second-order valence-corrected chi connectivity index (χ2v) is 5.27. The van der Waals surface area contributed by atoms with Gasteiger partial charge in [-0.25, -0.2) is 4.98 Å². The first-order chi connectivity index (χ1) is 9.10. The summed E-state index contributed by atoms with van der Waals surface area (Å²) in [4.78, 5) is 4.45. The molecule has 19 heavy (non-hydrogen) atoms. The van der Waals surface area contributed by atoms with Crippen molar-refractivity contribution in [3.63, 3.8) is 0 Å². The van der Waals surface area contributed by atoms with Crippen molar-refractivity contribution in [3.05, 3.63) is 52.6 Å². The summed E-state index contributed by atoms with van der Waals surface area (Å²) in [5.74, 6) is 0. The predicted octanol–water partition coefficient (Wildman–Crippen LogP) is 2.62. The van der Waals surface area contributed by atoms with Gasteiger partial charge in [-0.1, -0.05) is 17.7 Å². The molecule has 0 saturated carbocycles. The Kier molecular flexibility index (Phi) is 4.38. The van der Waals surface area contributed by atoms with Crippen LogP contribution in [0, 0.1) is 20.8 Å². The van der Waals surface area contributed by atoms with Gasteiger partial charge in [0.05, 0.1) is 12.0 Å². The number of rotatable bonds is 5. The molecule has 0 atom stereocenters. The average Bonchev–Trinajstić information content (AvgIpc) is 2.79. The third-order valence-corrected chi connectivity index (χ3v) is 3.50. The summed E-state index contributed by atoms with van der Waals surface area (Å²) in [7, 11) is 1.97. The lowest BCUT2D eigenvalue weighted by Crippen LogP contribution is -2.10. The van der Waals surface area contributed by atoms with E-state index in [-0.39, 0.29) is 0 Å². The number of hydrogen-bond donors (Lipinski definition) is 1. The molecule has 0 bridgehead atoms. The molecule has 0 amide bonds. The molecule has 1 aromatic carbocycles. The van der Waals surface area contributed by atoms with Crippen LogP contribution in [0.25, 0.3) is 0 Å².